The second-order valence-electron chi connectivity index (χ2n) is 4.45. The van der Waals surface area contributed by atoms with Crippen molar-refractivity contribution in [1.82, 2.24) is 9.55 Å². The van der Waals surface area contributed by atoms with Crippen LogP contribution in [0.1, 0.15) is 11.1 Å². The second-order valence-corrected chi connectivity index (χ2v) is 5.31. The third kappa shape index (κ3) is 2.29. The summed E-state index contributed by atoms with van der Waals surface area (Å²) < 4.78 is 3.26. The van der Waals surface area contributed by atoms with Gasteiger partial charge in [0.2, 0.25) is 0 Å². The molecule has 0 radical (unpaired) electrons. The lowest BCUT2D eigenvalue weighted by Crippen LogP contribution is -2.00. The first-order chi connectivity index (χ1) is 9.29. The van der Waals surface area contributed by atoms with E-state index in [1.54, 1.807) is 0 Å². The van der Waals surface area contributed by atoms with Gasteiger partial charge in [-0.25, -0.2) is 4.98 Å². The summed E-state index contributed by atoms with van der Waals surface area (Å²) in [5, 5.41) is 1.14. The Balaban J connectivity index is 2.09. The lowest BCUT2D eigenvalue weighted by atomic mass is 10.2. The Bertz CT molecular complexity index is 718. The number of fused-ring (bicyclic) bond motifs is 1. The molecule has 0 aliphatic heterocycles. The number of rotatable bonds is 3. The molecule has 0 atom stereocenters. The SMILES string of the molecule is NCc1cn(Cc2ccccc2Br)c2ncccc12. The molecule has 2 N–H and O–H groups in total. The molecule has 0 spiro atoms. The van der Waals surface area contributed by atoms with Crippen molar-refractivity contribution in [2.45, 2.75) is 13.1 Å². The number of hydrogen-bond donors (Lipinski definition) is 1. The number of halogens is 1. The predicted molar refractivity (Wildman–Crippen MR) is 80.9 cm³/mol. The zero-order chi connectivity index (χ0) is 13.2. The molecule has 19 heavy (non-hydrogen) atoms. The summed E-state index contributed by atoms with van der Waals surface area (Å²) in [6.45, 7) is 1.32. The van der Waals surface area contributed by atoms with Gasteiger partial charge >= 0.3 is 0 Å². The molecule has 96 valence electrons. The number of hydrogen-bond acceptors (Lipinski definition) is 2. The molecule has 0 unspecified atom stereocenters. The van der Waals surface area contributed by atoms with Gasteiger partial charge in [-0.2, -0.15) is 0 Å². The highest BCUT2D eigenvalue weighted by Gasteiger charge is 2.09. The average molecular weight is 316 g/mol. The lowest BCUT2D eigenvalue weighted by Gasteiger charge is -2.06. The molecule has 0 amide bonds. The molecule has 0 aliphatic rings. The van der Waals surface area contributed by atoms with Gasteiger partial charge in [-0.3, -0.25) is 0 Å². The van der Waals surface area contributed by atoms with E-state index >= 15 is 0 Å². The molecule has 4 heteroatoms. The topological polar surface area (TPSA) is 43.8 Å². The first-order valence-corrected chi connectivity index (χ1v) is 6.95. The molecule has 2 aromatic heterocycles. The minimum Gasteiger partial charge on any atom is -0.328 e. The maximum Gasteiger partial charge on any atom is 0.140 e. The van der Waals surface area contributed by atoms with E-state index < -0.39 is 0 Å². The summed E-state index contributed by atoms with van der Waals surface area (Å²) in [6, 6.07) is 12.2. The monoisotopic (exact) mass is 315 g/mol. The fourth-order valence-electron chi connectivity index (χ4n) is 2.29. The van der Waals surface area contributed by atoms with E-state index in [1.807, 2.05) is 24.4 Å². The zero-order valence-corrected chi connectivity index (χ0v) is 12.0. The van der Waals surface area contributed by atoms with E-state index in [4.69, 9.17) is 5.73 Å². The van der Waals surface area contributed by atoms with E-state index in [9.17, 15) is 0 Å². The van der Waals surface area contributed by atoms with Crippen molar-refractivity contribution >= 4 is 27.0 Å². The molecular weight excluding hydrogens is 302 g/mol. The van der Waals surface area contributed by atoms with Crippen LogP contribution >= 0.6 is 15.9 Å². The summed E-state index contributed by atoms with van der Waals surface area (Å²) >= 11 is 3.58. The smallest absolute Gasteiger partial charge is 0.140 e. The van der Waals surface area contributed by atoms with Crippen molar-refractivity contribution in [2.24, 2.45) is 5.73 Å². The Hall–Kier alpha value is -1.65. The van der Waals surface area contributed by atoms with Gasteiger partial charge in [0.05, 0.1) is 6.54 Å². The van der Waals surface area contributed by atoms with Crippen LogP contribution in [0.5, 0.6) is 0 Å². The summed E-state index contributed by atoms with van der Waals surface area (Å²) in [5.41, 5.74) is 9.15. The number of aromatic nitrogens is 2. The maximum atomic E-state index is 5.80. The fourth-order valence-corrected chi connectivity index (χ4v) is 2.70. The number of benzene rings is 1. The molecule has 0 fully saturated rings. The molecule has 0 saturated carbocycles. The van der Waals surface area contributed by atoms with Gasteiger partial charge in [0.1, 0.15) is 5.65 Å². The third-order valence-electron chi connectivity index (χ3n) is 3.23. The summed E-state index contributed by atoms with van der Waals surface area (Å²) in [6.07, 6.45) is 3.91. The molecule has 2 heterocycles. The highest BCUT2D eigenvalue weighted by atomic mass is 79.9. The van der Waals surface area contributed by atoms with E-state index in [1.165, 1.54) is 5.56 Å². The Morgan fingerprint density at radius 2 is 1.95 bits per heavy atom. The van der Waals surface area contributed by atoms with E-state index in [-0.39, 0.29) is 0 Å². The maximum absolute atomic E-state index is 5.80. The van der Waals surface area contributed by atoms with Crippen LogP contribution in [0.2, 0.25) is 0 Å². The third-order valence-corrected chi connectivity index (χ3v) is 4.01. The van der Waals surface area contributed by atoms with Crippen LogP contribution in [0.3, 0.4) is 0 Å². The highest BCUT2D eigenvalue weighted by molar-refractivity contribution is 9.10. The Labute approximate surface area is 120 Å². The Morgan fingerprint density at radius 3 is 2.74 bits per heavy atom. The Morgan fingerprint density at radius 1 is 1.11 bits per heavy atom. The largest absolute Gasteiger partial charge is 0.328 e. The predicted octanol–water partition coefficient (Wildman–Crippen LogP) is 3.31. The molecule has 0 aliphatic carbocycles. The van der Waals surface area contributed by atoms with Crippen molar-refractivity contribution < 1.29 is 0 Å². The molecular formula is C15H14BrN3. The lowest BCUT2D eigenvalue weighted by molar-refractivity contribution is 0.815. The van der Waals surface area contributed by atoms with E-state index in [0.29, 0.717) is 6.54 Å². The highest BCUT2D eigenvalue weighted by Crippen LogP contribution is 2.22. The van der Waals surface area contributed by atoms with Crippen LogP contribution in [-0.4, -0.2) is 9.55 Å². The average Bonchev–Trinajstić information content (AvgIpc) is 2.80. The normalized spacial score (nSPS) is 11.1. The van der Waals surface area contributed by atoms with Gasteiger partial charge in [-0.1, -0.05) is 34.1 Å². The second kappa shape index (κ2) is 5.15. The van der Waals surface area contributed by atoms with Crippen molar-refractivity contribution in [3.8, 4) is 0 Å². The summed E-state index contributed by atoms with van der Waals surface area (Å²) in [7, 11) is 0. The van der Waals surface area contributed by atoms with Gasteiger partial charge in [0, 0.05) is 28.8 Å². The van der Waals surface area contributed by atoms with Gasteiger partial charge < -0.3 is 10.3 Å². The summed E-state index contributed by atoms with van der Waals surface area (Å²) in [5.74, 6) is 0. The first kappa shape index (κ1) is 12.4. The van der Waals surface area contributed by atoms with Crippen LogP contribution < -0.4 is 5.73 Å². The van der Waals surface area contributed by atoms with Gasteiger partial charge in [0.15, 0.2) is 0 Å². The van der Waals surface area contributed by atoms with Gasteiger partial charge in [0.25, 0.3) is 0 Å². The minimum atomic E-state index is 0.533. The molecule has 3 aromatic rings. The van der Waals surface area contributed by atoms with Crippen LogP contribution in [0.4, 0.5) is 0 Å². The van der Waals surface area contributed by atoms with Crippen LogP contribution in [-0.2, 0) is 13.1 Å². The van der Waals surface area contributed by atoms with Crippen molar-refractivity contribution in [1.29, 1.82) is 0 Å². The molecule has 3 nitrogen and oxygen atoms in total. The van der Waals surface area contributed by atoms with Crippen LogP contribution in [0.15, 0.2) is 53.3 Å². The zero-order valence-electron chi connectivity index (χ0n) is 10.4. The fraction of sp³-hybridized carbons (Fsp3) is 0.133. The first-order valence-electron chi connectivity index (χ1n) is 6.16. The number of nitrogens with zero attached hydrogens (tertiary/aromatic N) is 2. The van der Waals surface area contributed by atoms with Crippen molar-refractivity contribution in [3.63, 3.8) is 0 Å². The van der Waals surface area contributed by atoms with E-state index in [0.717, 1.165) is 27.6 Å². The van der Waals surface area contributed by atoms with Gasteiger partial charge in [-0.15, -0.1) is 0 Å². The molecule has 0 saturated heterocycles. The molecule has 3 rings (SSSR count). The van der Waals surface area contributed by atoms with Crippen LogP contribution in [0, 0.1) is 0 Å². The van der Waals surface area contributed by atoms with Crippen molar-refractivity contribution in [3.05, 3.63) is 64.4 Å². The van der Waals surface area contributed by atoms with Crippen LogP contribution in [0.25, 0.3) is 11.0 Å². The minimum absolute atomic E-state index is 0.533. The van der Waals surface area contributed by atoms with E-state index in [2.05, 4.69) is 49.9 Å². The standard InChI is InChI=1S/C15H14BrN3/c16-14-6-2-1-4-11(14)9-19-10-12(8-17)13-5-3-7-18-15(13)19/h1-7,10H,8-9,17H2. The molecule has 1 aromatic carbocycles. The molecule has 0 bridgehead atoms. The van der Waals surface area contributed by atoms with Crippen molar-refractivity contribution in [2.75, 3.05) is 0 Å². The Kier molecular flexibility index (Phi) is 3.36. The van der Waals surface area contributed by atoms with Gasteiger partial charge in [-0.05, 0) is 29.3 Å². The number of nitrogens with two attached hydrogens (primary N) is 1. The quantitative estimate of drug-likeness (QED) is 0.806. The summed E-state index contributed by atoms with van der Waals surface area (Å²) in [4.78, 5) is 4.47. The number of pyridine rings is 1.